The lowest BCUT2D eigenvalue weighted by Crippen LogP contribution is -2.32. The van der Waals surface area contributed by atoms with Gasteiger partial charge in [-0.1, -0.05) is 41.9 Å². The van der Waals surface area contributed by atoms with Gasteiger partial charge in [-0.15, -0.1) is 0 Å². The molecule has 0 atom stereocenters. The highest BCUT2D eigenvalue weighted by Gasteiger charge is 2.13. The zero-order chi connectivity index (χ0) is 19.4. The number of carbonyl (C=O) groups is 2. The second kappa shape index (κ2) is 7.97. The molecule has 2 amide bonds. The van der Waals surface area contributed by atoms with E-state index in [9.17, 15) is 9.59 Å². The molecule has 27 heavy (non-hydrogen) atoms. The van der Waals surface area contributed by atoms with Gasteiger partial charge in [0.15, 0.2) is 0 Å². The molecule has 0 aliphatic heterocycles. The van der Waals surface area contributed by atoms with E-state index in [1.54, 1.807) is 12.1 Å². The van der Waals surface area contributed by atoms with Crippen LogP contribution in [0.5, 0.6) is 0 Å². The summed E-state index contributed by atoms with van der Waals surface area (Å²) < 4.78 is 0. The van der Waals surface area contributed by atoms with Crippen LogP contribution in [-0.2, 0) is 9.59 Å². The third-order valence-corrected chi connectivity index (χ3v) is 4.23. The maximum Gasteiger partial charge on any atom is 0.329 e. The minimum atomic E-state index is -0.880. The molecule has 2 aromatic carbocycles. The molecule has 0 aliphatic rings. The number of aromatic nitrogens is 1. The van der Waals surface area contributed by atoms with Crippen LogP contribution in [0.1, 0.15) is 16.7 Å². The fourth-order valence-electron chi connectivity index (χ4n) is 2.46. The fraction of sp³-hybridized carbons (Fsp3) is 0.100. The number of hydrogen-bond donors (Lipinski definition) is 2. The Morgan fingerprint density at radius 2 is 1.85 bits per heavy atom. The number of hydrazone groups is 1. The number of nitrogens with one attached hydrogen (secondary N) is 2. The summed E-state index contributed by atoms with van der Waals surface area (Å²) in [6.07, 6.45) is 1.35. The molecule has 0 aliphatic carbocycles. The van der Waals surface area contributed by atoms with E-state index in [0.29, 0.717) is 11.3 Å². The van der Waals surface area contributed by atoms with Gasteiger partial charge in [0, 0.05) is 16.6 Å². The van der Waals surface area contributed by atoms with Crippen molar-refractivity contribution in [3.8, 4) is 0 Å². The number of fused-ring (bicyclic) bond motifs is 1. The highest BCUT2D eigenvalue weighted by atomic mass is 35.5. The van der Waals surface area contributed by atoms with E-state index in [4.69, 9.17) is 11.6 Å². The van der Waals surface area contributed by atoms with Crippen molar-refractivity contribution in [1.82, 2.24) is 10.4 Å². The lowest BCUT2D eigenvalue weighted by molar-refractivity contribution is -0.136. The summed E-state index contributed by atoms with van der Waals surface area (Å²) in [6.45, 7) is 3.81. The van der Waals surface area contributed by atoms with E-state index in [0.717, 1.165) is 22.0 Å². The van der Waals surface area contributed by atoms with Gasteiger partial charge >= 0.3 is 11.8 Å². The van der Waals surface area contributed by atoms with Crippen LogP contribution in [0.15, 0.2) is 53.6 Å². The smallest absolute Gasteiger partial charge is 0.317 e. The van der Waals surface area contributed by atoms with Crippen molar-refractivity contribution in [3.63, 3.8) is 0 Å². The van der Waals surface area contributed by atoms with Gasteiger partial charge in [-0.2, -0.15) is 5.10 Å². The van der Waals surface area contributed by atoms with E-state index >= 15 is 0 Å². The second-order valence-corrected chi connectivity index (χ2v) is 6.39. The first-order chi connectivity index (χ1) is 12.9. The van der Waals surface area contributed by atoms with Gasteiger partial charge in [0.2, 0.25) is 0 Å². The Hall–Kier alpha value is -3.25. The van der Waals surface area contributed by atoms with Crippen molar-refractivity contribution < 1.29 is 9.59 Å². The van der Waals surface area contributed by atoms with Crippen molar-refractivity contribution in [2.75, 3.05) is 5.32 Å². The zero-order valence-electron chi connectivity index (χ0n) is 14.8. The van der Waals surface area contributed by atoms with Crippen LogP contribution >= 0.6 is 11.6 Å². The van der Waals surface area contributed by atoms with Crippen molar-refractivity contribution in [1.29, 1.82) is 0 Å². The summed E-state index contributed by atoms with van der Waals surface area (Å²) in [5.74, 6) is -1.69. The van der Waals surface area contributed by atoms with Crippen LogP contribution in [0.4, 0.5) is 5.69 Å². The molecule has 2 N–H and O–H groups in total. The molecule has 1 heterocycles. The van der Waals surface area contributed by atoms with Crippen LogP contribution in [0.2, 0.25) is 5.15 Å². The number of anilines is 1. The minimum absolute atomic E-state index is 0.260. The summed E-state index contributed by atoms with van der Waals surface area (Å²) in [5.41, 5.74) is 6.00. The number of rotatable bonds is 3. The first-order valence-electron chi connectivity index (χ1n) is 8.21. The van der Waals surface area contributed by atoms with Crippen LogP contribution < -0.4 is 10.7 Å². The predicted octanol–water partition coefficient (Wildman–Crippen LogP) is 3.59. The molecule has 3 aromatic rings. The molecule has 0 unspecified atom stereocenters. The number of pyridine rings is 1. The lowest BCUT2D eigenvalue weighted by Gasteiger charge is -2.06. The van der Waals surface area contributed by atoms with E-state index in [2.05, 4.69) is 20.8 Å². The van der Waals surface area contributed by atoms with Crippen LogP contribution in [-0.4, -0.2) is 23.0 Å². The van der Waals surface area contributed by atoms with Gasteiger partial charge in [0.05, 0.1) is 11.7 Å². The molecule has 0 fully saturated rings. The number of hydrogen-bond acceptors (Lipinski definition) is 4. The second-order valence-electron chi connectivity index (χ2n) is 6.03. The van der Waals surface area contributed by atoms with Gasteiger partial charge in [-0.05, 0) is 43.2 Å². The standard InChI is InChI=1S/C20H17ClN4O2/c1-12-7-8-14-10-15(18(21)23-17(14)9-12)11-22-25-20(27)19(26)24-16-6-4-3-5-13(16)2/h3-11H,1-2H3,(H,24,26)(H,25,27). The van der Waals surface area contributed by atoms with Crippen molar-refractivity contribution >= 4 is 46.2 Å². The summed E-state index contributed by atoms with van der Waals surface area (Å²) in [6, 6.07) is 14.8. The van der Waals surface area contributed by atoms with Gasteiger partial charge < -0.3 is 5.32 Å². The maximum absolute atomic E-state index is 11.9. The Kier molecular flexibility index (Phi) is 5.47. The van der Waals surface area contributed by atoms with Crippen molar-refractivity contribution in [2.45, 2.75) is 13.8 Å². The number of aryl methyl sites for hydroxylation is 2. The first kappa shape index (κ1) is 18.5. The molecular formula is C20H17ClN4O2. The predicted molar refractivity (Wildman–Crippen MR) is 107 cm³/mol. The third-order valence-electron chi connectivity index (χ3n) is 3.92. The quantitative estimate of drug-likeness (QED) is 0.315. The Bertz CT molecular complexity index is 1060. The number of amides is 2. The van der Waals surface area contributed by atoms with E-state index < -0.39 is 11.8 Å². The minimum Gasteiger partial charge on any atom is -0.317 e. The van der Waals surface area contributed by atoms with Gasteiger partial charge in [-0.3, -0.25) is 9.59 Å². The van der Waals surface area contributed by atoms with E-state index in [1.807, 2.05) is 50.2 Å². The van der Waals surface area contributed by atoms with Crippen LogP contribution in [0.25, 0.3) is 10.9 Å². The molecular weight excluding hydrogens is 364 g/mol. The number of halogens is 1. The normalized spacial score (nSPS) is 10.9. The molecule has 6 nitrogen and oxygen atoms in total. The molecule has 0 bridgehead atoms. The summed E-state index contributed by atoms with van der Waals surface area (Å²) in [7, 11) is 0. The molecule has 1 aromatic heterocycles. The lowest BCUT2D eigenvalue weighted by atomic mass is 10.1. The first-order valence-corrected chi connectivity index (χ1v) is 8.59. The average Bonchev–Trinajstić information content (AvgIpc) is 2.64. The summed E-state index contributed by atoms with van der Waals surface area (Å²) >= 11 is 6.16. The molecule has 7 heteroatoms. The molecule has 3 rings (SSSR count). The van der Waals surface area contributed by atoms with E-state index in [1.165, 1.54) is 6.21 Å². The zero-order valence-corrected chi connectivity index (χ0v) is 15.5. The Morgan fingerprint density at radius 3 is 2.63 bits per heavy atom. The maximum atomic E-state index is 11.9. The monoisotopic (exact) mass is 380 g/mol. The Balaban J connectivity index is 1.68. The molecule has 136 valence electrons. The molecule has 0 radical (unpaired) electrons. The highest BCUT2D eigenvalue weighted by Crippen LogP contribution is 2.20. The molecule has 0 saturated heterocycles. The van der Waals surface area contributed by atoms with Crippen LogP contribution in [0, 0.1) is 13.8 Å². The third kappa shape index (κ3) is 4.48. The number of benzene rings is 2. The molecule has 0 saturated carbocycles. The summed E-state index contributed by atoms with van der Waals surface area (Å²) in [5, 5.41) is 7.50. The van der Waals surface area contributed by atoms with Gasteiger partial charge in [0.25, 0.3) is 0 Å². The van der Waals surface area contributed by atoms with Crippen molar-refractivity contribution in [2.24, 2.45) is 5.10 Å². The SMILES string of the molecule is Cc1ccc2cc(C=NNC(=O)C(=O)Nc3ccccc3C)c(Cl)nc2c1. The largest absolute Gasteiger partial charge is 0.329 e. The number of para-hydroxylation sites is 1. The Morgan fingerprint density at radius 1 is 1.07 bits per heavy atom. The number of carbonyl (C=O) groups excluding carboxylic acids is 2. The van der Waals surface area contributed by atoms with Gasteiger partial charge in [0.1, 0.15) is 5.15 Å². The molecule has 0 spiro atoms. The summed E-state index contributed by atoms with van der Waals surface area (Å²) in [4.78, 5) is 28.2. The Labute approximate surface area is 161 Å². The number of nitrogens with zero attached hydrogens (tertiary/aromatic N) is 2. The van der Waals surface area contributed by atoms with E-state index in [-0.39, 0.29) is 5.15 Å². The van der Waals surface area contributed by atoms with Crippen LogP contribution in [0.3, 0.4) is 0 Å². The fourth-order valence-corrected chi connectivity index (χ4v) is 2.66. The highest BCUT2D eigenvalue weighted by molar-refractivity contribution is 6.39. The topological polar surface area (TPSA) is 83.5 Å². The van der Waals surface area contributed by atoms with Gasteiger partial charge in [-0.25, -0.2) is 10.4 Å². The average molecular weight is 381 g/mol. The van der Waals surface area contributed by atoms with Crippen molar-refractivity contribution in [3.05, 3.63) is 70.4 Å².